The first-order valence-corrected chi connectivity index (χ1v) is 15.0. The summed E-state index contributed by atoms with van der Waals surface area (Å²) in [5.74, 6) is 1.44. The Bertz CT molecular complexity index is 1490. The number of fused-ring (bicyclic) bond motifs is 1. The van der Waals surface area contributed by atoms with Crippen LogP contribution in [-0.4, -0.2) is 69.9 Å². The summed E-state index contributed by atoms with van der Waals surface area (Å²) < 4.78 is 7.24. The van der Waals surface area contributed by atoms with E-state index in [1.165, 1.54) is 6.42 Å². The highest BCUT2D eigenvalue weighted by atomic mass is 35.5. The van der Waals surface area contributed by atoms with Gasteiger partial charge in [0.2, 0.25) is 0 Å². The molecular formula is C31H41ClN6O3. The molecule has 2 saturated heterocycles. The van der Waals surface area contributed by atoms with Crippen LogP contribution in [0.3, 0.4) is 0 Å². The highest BCUT2D eigenvalue weighted by Crippen LogP contribution is 2.35. The van der Waals surface area contributed by atoms with Gasteiger partial charge in [-0.05, 0) is 70.6 Å². The Morgan fingerprint density at radius 2 is 1.73 bits per heavy atom. The number of pyridine rings is 1. The highest BCUT2D eigenvalue weighted by Gasteiger charge is 2.33. The van der Waals surface area contributed by atoms with E-state index in [9.17, 15) is 9.59 Å². The lowest BCUT2D eigenvalue weighted by Gasteiger charge is -2.41. The molecule has 0 N–H and O–H groups in total. The topological polar surface area (TPSA) is 83.8 Å². The SMILES string of the molecule is CC(C)c1ccccc1-n1c(=O)nc(N2CCN(C(=O)OC(C)(C)C)CC2C)c2cc(Cl)c(N3CCCCC3)nc21. The van der Waals surface area contributed by atoms with Crippen molar-refractivity contribution in [3.63, 3.8) is 0 Å². The number of carbonyl (C=O) groups is 1. The Morgan fingerprint density at radius 1 is 1.02 bits per heavy atom. The van der Waals surface area contributed by atoms with Crippen LogP contribution in [0.5, 0.6) is 0 Å². The molecule has 10 heteroatoms. The van der Waals surface area contributed by atoms with E-state index < -0.39 is 5.60 Å². The largest absolute Gasteiger partial charge is 0.444 e. The van der Waals surface area contributed by atoms with Gasteiger partial charge in [0.15, 0.2) is 5.65 Å². The Kier molecular flexibility index (Phi) is 8.19. The lowest BCUT2D eigenvalue weighted by molar-refractivity contribution is 0.0218. The average molecular weight is 581 g/mol. The van der Waals surface area contributed by atoms with E-state index in [1.807, 2.05) is 58.0 Å². The average Bonchev–Trinajstić information content (AvgIpc) is 2.92. The normalized spacial score (nSPS) is 18.3. The van der Waals surface area contributed by atoms with Gasteiger partial charge in [0, 0.05) is 38.8 Å². The van der Waals surface area contributed by atoms with E-state index in [4.69, 9.17) is 21.3 Å². The fourth-order valence-corrected chi connectivity index (χ4v) is 6.07. The third-order valence-corrected chi connectivity index (χ3v) is 8.07. The number of nitrogens with zero attached hydrogens (tertiary/aromatic N) is 6. The summed E-state index contributed by atoms with van der Waals surface area (Å²) >= 11 is 6.92. The minimum Gasteiger partial charge on any atom is -0.444 e. The Balaban J connectivity index is 1.64. The van der Waals surface area contributed by atoms with Gasteiger partial charge in [0.05, 0.1) is 16.1 Å². The molecule has 1 unspecified atom stereocenters. The lowest BCUT2D eigenvalue weighted by Crippen LogP contribution is -2.55. The van der Waals surface area contributed by atoms with Crippen LogP contribution in [0.1, 0.15) is 72.3 Å². The maximum absolute atomic E-state index is 13.9. The standard InChI is InChI=1S/C31H41ClN6O3/c1-20(2)22-12-8-9-13-25(22)38-27-23(18-24(32)28(33-27)35-14-10-7-11-15-35)26(34-29(38)39)37-17-16-36(19-21(37)3)30(40)41-31(4,5)6/h8-9,12-13,18,20-21H,7,10-11,14-17,19H2,1-6H3. The molecule has 2 aliphatic rings. The van der Waals surface area contributed by atoms with Gasteiger partial charge in [-0.2, -0.15) is 4.98 Å². The van der Waals surface area contributed by atoms with Crippen LogP contribution in [0.2, 0.25) is 5.02 Å². The van der Waals surface area contributed by atoms with Crippen molar-refractivity contribution in [1.29, 1.82) is 0 Å². The second-order valence-corrected chi connectivity index (χ2v) is 12.9. The molecule has 4 heterocycles. The maximum atomic E-state index is 13.9. The van der Waals surface area contributed by atoms with Gasteiger partial charge in [0.25, 0.3) is 0 Å². The number of ether oxygens (including phenoxy) is 1. The van der Waals surface area contributed by atoms with Crippen molar-refractivity contribution in [2.24, 2.45) is 0 Å². The first-order chi connectivity index (χ1) is 19.4. The van der Waals surface area contributed by atoms with Crippen molar-refractivity contribution >= 4 is 40.4 Å². The number of para-hydroxylation sites is 1. The Labute approximate surface area is 247 Å². The van der Waals surface area contributed by atoms with Crippen molar-refractivity contribution in [2.75, 3.05) is 42.5 Å². The van der Waals surface area contributed by atoms with Gasteiger partial charge in [-0.3, -0.25) is 0 Å². The third kappa shape index (κ3) is 6.01. The fraction of sp³-hybridized carbons (Fsp3) is 0.548. The number of hydrogen-bond donors (Lipinski definition) is 0. The van der Waals surface area contributed by atoms with Gasteiger partial charge in [-0.15, -0.1) is 0 Å². The number of halogens is 1. The number of anilines is 2. The van der Waals surface area contributed by atoms with Crippen LogP contribution in [0.4, 0.5) is 16.4 Å². The van der Waals surface area contributed by atoms with Gasteiger partial charge < -0.3 is 19.4 Å². The quantitative estimate of drug-likeness (QED) is 0.374. The first-order valence-electron chi connectivity index (χ1n) is 14.7. The first kappa shape index (κ1) is 29.2. The Hall–Kier alpha value is -3.33. The summed E-state index contributed by atoms with van der Waals surface area (Å²) in [6, 6.07) is 9.74. The number of piperidine rings is 1. The monoisotopic (exact) mass is 580 g/mol. The molecule has 2 fully saturated rings. The van der Waals surface area contributed by atoms with Crippen molar-refractivity contribution in [3.8, 4) is 5.69 Å². The summed E-state index contributed by atoms with van der Waals surface area (Å²) in [6.45, 7) is 15.0. The molecule has 220 valence electrons. The molecule has 2 aromatic heterocycles. The van der Waals surface area contributed by atoms with E-state index in [1.54, 1.807) is 9.47 Å². The van der Waals surface area contributed by atoms with E-state index in [0.717, 1.165) is 37.2 Å². The number of piperazine rings is 1. The Morgan fingerprint density at radius 3 is 2.39 bits per heavy atom. The van der Waals surface area contributed by atoms with Crippen LogP contribution in [0, 0.1) is 0 Å². The lowest BCUT2D eigenvalue weighted by atomic mass is 10.0. The number of carbonyl (C=O) groups excluding carboxylic acids is 1. The molecule has 0 bridgehead atoms. The molecule has 5 rings (SSSR count). The zero-order chi connectivity index (χ0) is 29.5. The minimum atomic E-state index is -0.569. The smallest absolute Gasteiger partial charge is 0.410 e. The molecule has 0 saturated carbocycles. The predicted molar refractivity (Wildman–Crippen MR) is 165 cm³/mol. The van der Waals surface area contributed by atoms with Crippen molar-refractivity contribution in [2.45, 2.75) is 78.4 Å². The molecule has 2 aliphatic heterocycles. The van der Waals surface area contributed by atoms with Gasteiger partial charge in [-0.25, -0.2) is 19.1 Å². The molecule has 0 radical (unpaired) electrons. The second kappa shape index (κ2) is 11.5. The predicted octanol–water partition coefficient (Wildman–Crippen LogP) is 5.99. The molecular weight excluding hydrogens is 540 g/mol. The number of amides is 1. The van der Waals surface area contributed by atoms with Crippen LogP contribution in [-0.2, 0) is 4.74 Å². The van der Waals surface area contributed by atoms with E-state index in [0.29, 0.717) is 47.3 Å². The third-order valence-electron chi connectivity index (χ3n) is 7.79. The van der Waals surface area contributed by atoms with Gasteiger partial charge in [0.1, 0.15) is 17.2 Å². The minimum absolute atomic E-state index is 0.106. The van der Waals surface area contributed by atoms with Gasteiger partial charge >= 0.3 is 11.8 Å². The fourth-order valence-electron chi connectivity index (χ4n) is 5.80. The summed E-state index contributed by atoms with van der Waals surface area (Å²) in [5, 5.41) is 1.26. The van der Waals surface area contributed by atoms with E-state index >= 15 is 0 Å². The zero-order valence-corrected chi connectivity index (χ0v) is 25.7. The van der Waals surface area contributed by atoms with Crippen LogP contribution in [0.15, 0.2) is 35.1 Å². The number of hydrogen-bond acceptors (Lipinski definition) is 7. The summed E-state index contributed by atoms with van der Waals surface area (Å²) in [7, 11) is 0. The van der Waals surface area contributed by atoms with E-state index in [-0.39, 0.29) is 23.7 Å². The summed E-state index contributed by atoms with van der Waals surface area (Å²) in [4.78, 5) is 42.5. The second-order valence-electron chi connectivity index (χ2n) is 12.4. The van der Waals surface area contributed by atoms with E-state index in [2.05, 4.69) is 28.6 Å². The van der Waals surface area contributed by atoms with Crippen molar-refractivity contribution in [1.82, 2.24) is 19.4 Å². The van der Waals surface area contributed by atoms with Crippen LogP contribution in [0.25, 0.3) is 16.7 Å². The molecule has 9 nitrogen and oxygen atoms in total. The number of benzene rings is 1. The highest BCUT2D eigenvalue weighted by molar-refractivity contribution is 6.33. The summed E-state index contributed by atoms with van der Waals surface area (Å²) in [5.41, 5.74) is 1.40. The molecule has 1 amide bonds. The number of aromatic nitrogens is 3. The van der Waals surface area contributed by atoms with Crippen molar-refractivity contribution in [3.05, 3.63) is 51.4 Å². The zero-order valence-electron chi connectivity index (χ0n) is 25.0. The molecule has 1 aromatic carbocycles. The molecule has 3 aromatic rings. The number of rotatable bonds is 4. The molecule has 41 heavy (non-hydrogen) atoms. The summed E-state index contributed by atoms with van der Waals surface area (Å²) in [6.07, 6.45) is 3.02. The van der Waals surface area contributed by atoms with Crippen molar-refractivity contribution < 1.29 is 9.53 Å². The van der Waals surface area contributed by atoms with Gasteiger partial charge in [-0.1, -0.05) is 43.6 Å². The molecule has 1 atom stereocenters. The van der Waals surface area contributed by atoms with Crippen LogP contribution >= 0.6 is 11.6 Å². The van der Waals surface area contributed by atoms with Crippen LogP contribution < -0.4 is 15.5 Å². The molecule has 0 aliphatic carbocycles. The maximum Gasteiger partial charge on any atom is 0.410 e. The molecule has 0 spiro atoms.